The second-order valence-electron chi connectivity index (χ2n) is 2.62. The Morgan fingerprint density at radius 2 is 1.92 bits per heavy atom. The molecule has 0 unspecified atom stereocenters. The summed E-state index contributed by atoms with van der Waals surface area (Å²) in [5.41, 5.74) is 1.31. The van der Waals surface area contributed by atoms with Crippen molar-refractivity contribution < 1.29 is 5.11 Å². The highest BCUT2D eigenvalue weighted by atomic mass is 16.2. The second-order valence-corrected chi connectivity index (χ2v) is 2.62. The molecule has 1 rings (SSSR count). The number of rotatable bonds is 3. The molecule has 0 aromatic heterocycles. The summed E-state index contributed by atoms with van der Waals surface area (Å²) in [5, 5.41) is 9.78. The van der Waals surface area contributed by atoms with Crippen LogP contribution in [0.25, 0.3) is 0 Å². The molecular weight excluding hydrogens is 148 g/mol. The van der Waals surface area contributed by atoms with E-state index in [0.717, 1.165) is 12.8 Å². The van der Waals surface area contributed by atoms with Crippen LogP contribution in [0.5, 0.6) is 0 Å². The maximum absolute atomic E-state index is 9.78. The van der Waals surface area contributed by atoms with Gasteiger partial charge in [-0.1, -0.05) is 36.3 Å². The average molecular weight is 159 g/mol. The van der Waals surface area contributed by atoms with Crippen molar-refractivity contribution in [3.8, 4) is 12.0 Å². The van der Waals surface area contributed by atoms with Crippen molar-refractivity contribution in [3.05, 3.63) is 35.9 Å². The smallest absolute Gasteiger partial charge is 0.172 e. The molecule has 1 nitrogen and oxygen atoms in total. The summed E-state index contributed by atoms with van der Waals surface area (Å²) < 4.78 is 0. The molecule has 1 aromatic rings. The summed E-state index contributed by atoms with van der Waals surface area (Å²) in [6.45, 7) is 0. The van der Waals surface area contributed by atoms with Crippen molar-refractivity contribution in [3.63, 3.8) is 0 Å². The monoisotopic (exact) mass is 159 g/mol. The maximum Gasteiger partial charge on any atom is 0.172 e. The first-order valence-electron chi connectivity index (χ1n) is 4.07. The van der Waals surface area contributed by atoms with Gasteiger partial charge in [-0.15, -0.1) is 0 Å². The normalized spacial score (nSPS) is 8.67. The van der Waals surface area contributed by atoms with Gasteiger partial charge in [-0.2, -0.15) is 0 Å². The molecule has 0 amide bonds. The molecule has 12 heavy (non-hydrogen) atoms. The van der Waals surface area contributed by atoms with E-state index in [1.807, 2.05) is 18.2 Å². The first-order valence-corrected chi connectivity index (χ1v) is 4.07. The van der Waals surface area contributed by atoms with Crippen molar-refractivity contribution in [2.24, 2.45) is 0 Å². The van der Waals surface area contributed by atoms with Gasteiger partial charge in [-0.05, 0) is 18.4 Å². The molecule has 0 aliphatic carbocycles. The fraction of sp³-hybridized carbons (Fsp3) is 0.273. The molecule has 0 saturated heterocycles. The van der Waals surface area contributed by atoms with E-state index in [9.17, 15) is 5.11 Å². The van der Waals surface area contributed by atoms with Crippen LogP contribution in [0, 0.1) is 12.0 Å². The highest BCUT2D eigenvalue weighted by Crippen LogP contribution is 2.03. The molecule has 0 atom stereocenters. The maximum atomic E-state index is 9.78. The van der Waals surface area contributed by atoms with E-state index in [1.165, 1.54) is 5.56 Å². The fourth-order valence-corrected chi connectivity index (χ4v) is 1.08. The van der Waals surface area contributed by atoms with E-state index in [4.69, 9.17) is 0 Å². The highest BCUT2D eigenvalue weighted by molar-refractivity contribution is 5.14. The summed E-state index contributed by atoms with van der Waals surface area (Å²) in [7, 11) is 0. The third-order valence-electron chi connectivity index (χ3n) is 1.68. The molecule has 0 saturated carbocycles. The van der Waals surface area contributed by atoms with E-state index in [0.29, 0.717) is 6.42 Å². The van der Waals surface area contributed by atoms with Crippen LogP contribution in [0.2, 0.25) is 0 Å². The zero-order valence-electron chi connectivity index (χ0n) is 6.92. The van der Waals surface area contributed by atoms with E-state index in [2.05, 4.69) is 18.1 Å². The molecule has 0 aliphatic rings. The topological polar surface area (TPSA) is 19.9 Å². The summed E-state index contributed by atoms with van der Waals surface area (Å²) in [5.74, 6) is 2.51. The first-order chi connectivity index (χ1) is 5.93. The van der Waals surface area contributed by atoms with Crippen molar-refractivity contribution in [2.45, 2.75) is 19.3 Å². The quantitative estimate of drug-likeness (QED) is 0.476. The molecule has 0 spiro atoms. The van der Waals surface area contributed by atoms with Crippen LogP contribution in [0.3, 0.4) is 0 Å². The predicted octanol–water partition coefficient (Wildman–Crippen LogP) is 2.40. The van der Waals surface area contributed by atoms with Crippen LogP contribution in [0.4, 0.5) is 0 Å². The zero-order chi connectivity index (χ0) is 8.65. The third kappa shape index (κ3) is 3.12. The van der Waals surface area contributed by atoms with Gasteiger partial charge < -0.3 is 0 Å². The van der Waals surface area contributed by atoms with Gasteiger partial charge in [0.05, 0.1) is 0 Å². The molecule has 61 valence electrons. The van der Waals surface area contributed by atoms with Gasteiger partial charge in [0.15, 0.2) is 6.11 Å². The van der Waals surface area contributed by atoms with Gasteiger partial charge in [0.1, 0.15) is 0 Å². The number of benzene rings is 1. The first kappa shape index (κ1) is 8.67. The Hall–Kier alpha value is -1.42. The van der Waals surface area contributed by atoms with Crippen LogP contribution >= 0.6 is 0 Å². The summed E-state index contributed by atoms with van der Waals surface area (Å²) in [6.07, 6.45) is 4.34. The Kier molecular flexibility index (Phi) is 3.80. The van der Waals surface area contributed by atoms with Crippen molar-refractivity contribution >= 4 is 0 Å². The van der Waals surface area contributed by atoms with Gasteiger partial charge in [0, 0.05) is 6.42 Å². The number of hydrogen-bond acceptors (Lipinski definition) is 0. The van der Waals surface area contributed by atoms with Crippen LogP contribution in [0.15, 0.2) is 30.3 Å². The lowest BCUT2D eigenvalue weighted by Crippen LogP contribution is -1.82. The minimum absolute atomic E-state index is 0.707. The van der Waals surface area contributed by atoms with Gasteiger partial charge in [0.2, 0.25) is 0 Å². The van der Waals surface area contributed by atoms with Crippen LogP contribution in [0.1, 0.15) is 18.4 Å². The lowest BCUT2D eigenvalue weighted by Gasteiger charge is -1.96. The number of unbranched alkanes of at least 4 members (excludes halogenated alkanes) is 1. The van der Waals surface area contributed by atoms with Gasteiger partial charge >= 0.3 is 0 Å². The predicted molar refractivity (Wildman–Crippen MR) is 47.8 cm³/mol. The minimum Gasteiger partial charge on any atom is -0.224 e. The Labute approximate surface area is 73.0 Å². The van der Waals surface area contributed by atoms with E-state index >= 15 is 0 Å². The van der Waals surface area contributed by atoms with Gasteiger partial charge in [-0.25, -0.2) is 5.11 Å². The van der Waals surface area contributed by atoms with E-state index in [1.54, 1.807) is 6.11 Å². The third-order valence-corrected chi connectivity index (χ3v) is 1.68. The van der Waals surface area contributed by atoms with Gasteiger partial charge in [-0.3, -0.25) is 0 Å². The zero-order valence-corrected chi connectivity index (χ0v) is 6.92. The number of hydrogen-bond donors (Lipinski definition) is 0. The second kappa shape index (κ2) is 5.26. The molecule has 0 aliphatic heterocycles. The lowest BCUT2D eigenvalue weighted by atomic mass is 10.1. The van der Waals surface area contributed by atoms with Crippen LogP contribution < -0.4 is 0 Å². The molecule has 0 heterocycles. The largest absolute Gasteiger partial charge is 0.224 e. The summed E-state index contributed by atoms with van der Waals surface area (Å²) >= 11 is 0. The molecule has 1 heteroatoms. The molecule has 0 N–H and O–H groups in total. The van der Waals surface area contributed by atoms with E-state index in [-0.39, 0.29) is 0 Å². The molecule has 0 fully saturated rings. The Bertz CT molecular complexity index is 266. The van der Waals surface area contributed by atoms with Crippen molar-refractivity contribution in [1.82, 2.24) is 0 Å². The van der Waals surface area contributed by atoms with Crippen LogP contribution in [-0.2, 0) is 11.5 Å². The van der Waals surface area contributed by atoms with E-state index < -0.39 is 0 Å². The van der Waals surface area contributed by atoms with Crippen molar-refractivity contribution in [1.29, 1.82) is 0 Å². The van der Waals surface area contributed by atoms with Crippen LogP contribution in [-0.4, -0.2) is 0 Å². The lowest BCUT2D eigenvalue weighted by molar-refractivity contribution is 0.391. The van der Waals surface area contributed by atoms with Crippen molar-refractivity contribution in [2.75, 3.05) is 0 Å². The average Bonchev–Trinajstić information content (AvgIpc) is 2.14. The number of aryl methyl sites for hydroxylation is 1. The standard InChI is InChI=1S/C11H11O/c12-10-6-2-5-9-11-7-3-1-4-8-11/h1,3-4,7-8H,2,5,9H2. The summed E-state index contributed by atoms with van der Waals surface area (Å²) in [4.78, 5) is 0. The fourth-order valence-electron chi connectivity index (χ4n) is 1.08. The molecular formula is C11H11O. The SMILES string of the molecule is [O]C#CCCCc1ccccc1. The van der Waals surface area contributed by atoms with Gasteiger partial charge in [0.25, 0.3) is 0 Å². The highest BCUT2D eigenvalue weighted by Gasteiger charge is 1.89. The Morgan fingerprint density at radius 3 is 2.58 bits per heavy atom. The molecule has 0 bridgehead atoms. The minimum atomic E-state index is 0.707. The Morgan fingerprint density at radius 1 is 1.17 bits per heavy atom. The summed E-state index contributed by atoms with van der Waals surface area (Å²) in [6, 6.07) is 10.2. The molecule has 1 aromatic carbocycles. The Balaban J connectivity index is 2.27. The molecule has 1 radical (unpaired) electrons.